The van der Waals surface area contributed by atoms with Gasteiger partial charge in [0.15, 0.2) is 12.0 Å². The van der Waals surface area contributed by atoms with Crippen LogP contribution in [-0.2, 0) is 14.3 Å². The summed E-state index contributed by atoms with van der Waals surface area (Å²) in [5, 5.41) is 33.0. The lowest BCUT2D eigenvalue weighted by atomic mass is 9.87. The minimum Gasteiger partial charge on any atom is -0.447 e. The van der Waals surface area contributed by atoms with Gasteiger partial charge in [0.05, 0.1) is 0 Å². The van der Waals surface area contributed by atoms with Crippen molar-refractivity contribution in [2.24, 2.45) is 22.4 Å². The Morgan fingerprint density at radius 2 is 1.50 bits per heavy atom. The van der Waals surface area contributed by atoms with Gasteiger partial charge < -0.3 is 41.5 Å². The van der Waals surface area contributed by atoms with Crippen molar-refractivity contribution in [3.63, 3.8) is 0 Å². The van der Waals surface area contributed by atoms with Crippen molar-refractivity contribution in [3.05, 3.63) is 0 Å². The first-order chi connectivity index (χ1) is 22.0. The zero-order valence-corrected chi connectivity index (χ0v) is 27.7. The third kappa shape index (κ3) is 10.6. The highest BCUT2D eigenvalue weighted by molar-refractivity contribution is 5.84. The summed E-state index contributed by atoms with van der Waals surface area (Å²) in [7, 11) is 0. The maximum absolute atomic E-state index is 12.3. The molecule has 1 saturated heterocycles. The number of ether oxygens (including phenoxy) is 1. The van der Waals surface area contributed by atoms with Gasteiger partial charge in [0, 0.05) is 45.4 Å². The summed E-state index contributed by atoms with van der Waals surface area (Å²) in [5.41, 5.74) is 10.6. The Labute approximate surface area is 272 Å². The van der Waals surface area contributed by atoms with Crippen LogP contribution in [0.2, 0.25) is 0 Å². The highest BCUT2D eigenvalue weighted by Crippen LogP contribution is 2.40. The highest BCUT2D eigenvalue weighted by Gasteiger charge is 2.72. The van der Waals surface area contributed by atoms with E-state index in [1.54, 1.807) is 4.90 Å². The number of alkyl carbamates (subject to hydrolysis) is 1. The van der Waals surface area contributed by atoms with Crippen LogP contribution >= 0.6 is 0 Å². The number of nitrogens with two attached hydrogens (primary N) is 2. The van der Waals surface area contributed by atoms with E-state index in [2.05, 4.69) is 45.1 Å². The van der Waals surface area contributed by atoms with E-state index in [1.807, 2.05) is 0 Å². The predicted molar refractivity (Wildman–Crippen MR) is 174 cm³/mol. The van der Waals surface area contributed by atoms with E-state index >= 15 is 0 Å². The molecule has 11 N–H and O–H groups in total. The number of rotatable bonds is 21. The van der Waals surface area contributed by atoms with Gasteiger partial charge in [-0.3, -0.25) is 20.3 Å². The number of guanidine groups is 2. The van der Waals surface area contributed by atoms with Gasteiger partial charge in [-0.25, -0.2) is 15.1 Å². The number of unbranched alkanes of at least 4 members (excludes halogenated alkanes) is 7. The average Bonchev–Trinajstić information content (AvgIpc) is 3.50. The average molecular weight is 653 g/mol. The molecular weight excluding hydrogens is 594 g/mol. The predicted octanol–water partition coefficient (Wildman–Crippen LogP) is -1.18. The monoisotopic (exact) mass is 652 g/mol. The van der Waals surface area contributed by atoms with Gasteiger partial charge in [-0.15, -0.1) is 0 Å². The molecule has 3 aliphatic heterocycles. The van der Waals surface area contributed by atoms with E-state index in [-0.39, 0.29) is 43.3 Å². The fourth-order valence-electron chi connectivity index (χ4n) is 6.38. The molecule has 3 rings (SSSR count). The van der Waals surface area contributed by atoms with Gasteiger partial charge in [-0.2, -0.15) is 0 Å². The molecule has 0 radical (unpaired) electrons. The molecule has 0 aliphatic carbocycles. The lowest BCUT2D eigenvalue weighted by Crippen LogP contribution is -2.89. The van der Waals surface area contributed by atoms with Crippen molar-refractivity contribution in [1.82, 2.24) is 26.2 Å². The summed E-state index contributed by atoms with van der Waals surface area (Å²) in [6, 6.07) is -1.37. The van der Waals surface area contributed by atoms with Gasteiger partial charge in [0.2, 0.25) is 17.6 Å². The number of carbonyl (C=O) groups is 3. The highest BCUT2D eigenvalue weighted by atomic mass is 16.5. The molecule has 0 saturated carbocycles. The van der Waals surface area contributed by atoms with Crippen molar-refractivity contribution in [3.8, 4) is 0 Å². The summed E-state index contributed by atoms with van der Waals surface area (Å²) in [6.45, 7) is 6.41. The summed E-state index contributed by atoms with van der Waals surface area (Å²) < 4.78 is 5.37. The smallest absolute Gasteiger partial charge is 0.407 e. The fraction of sp³-hybridized carbons (Fsp3) is 0.839. The van der Waals surface area contributed by atoms with Gasteiger partial charge in [0.25, 0.3) is 5.66 Å². The second-order valence-corrected chi connectivity index (χ2v) is 13.1. The van der Waals surface area contributed by atoms with Crippen LogP contribution in [0.25, 0.3) is 0 Å². The zero-order valence-electron chi connectivity index (χ0n) is 27.7. The number of amides is 3. The largest absolute Gasteiger partial charge is 0.447 e. The number of hydrogen-bond donors (Lipinski definition) is 9. The molecule has 3 aliphatic rings. The molecule has 1 unspecified atom stereocenters. The third-order valence-electron chi connectivity index (χ3n) is 8.93. The normalized spacial score (nSPS) is 22.8. The minimum atomic E-state index is -2.12. The number of hydrogen-bond acceptors (Lipinski definition) is 11. The van der Waals surface area contributed by atoms with E-state index in [4.69, 9.17) is 16.2 Å². The van der Waals surface area contributed by atoms with Crippen molar-refractivity contribution in [1.29, 1.82) is 0 Å². The Morgan fingerprint density at radius 3 is 2.09 bits per heavy atom. The number of aliphatic hydroxyl groups is 2. The Morgan fingerprint density at radius 1 is 0.935 bits per heavy atom. The Bertz CT molecular complexity index is 1070. The summed E-state index contributed by atoms with van der Waals surface area (Å²) in [6.07, 6.45) is 11.0. The first-order valence-electron chi connectivity index (χ1n) is 17.1. The number of carbonyl (C=O) groups excluding carboxylic acids is 3. The first-order valence-corrected chi connectivity index (χ1v) is 17.1. The molecule has 15 nitrogen and oxygen atoms in total. The quantitative estimate of drug-likeness (QED) is 0.0532. The molecule has 0 aromatic rings. The standard InChI is InChI=1S/C31H57N9O6/c1-22(2)13-7-3-4-10-17-34-24(41)14-8-9-15-25(42)35-18-11-5-6-12-19-36-29(43)46-21-23-26-31(39-27(32)38-26)30(44,45)16-20-40(31)28(33)37-23/h22-23,26,44-45H,3-21H2,1-2H3,(H2,33,37)(H,34,41)(H,35,42)(H,36,43)(H3,32,38,39)/p+1/t23?,26-,31-/m0/s1. The van der Waals surface area contributed by atoms with Crippen LogP contribution in [0.5, 0.6) is 0 Å². The van der Waals surface area contributed by atoms with Gasteiger partial charge in [-0.1, -0.05) is 52.4 Å². The van der Waals surface area contributed by atoms with Gasteiger partial charge in [-0.05, 0) is 38.0 Å². The molecule has 15 heteroatoms. The van der Waals surface area contributed by atoms with Crippen LogP contribution < -0.4 is 37.7 Å². The van der Waals surface area contributed by atoms with Crippen LogP contribution in [0.1, 0.15) is 104 Å². The van der Waals surface area contributed by atoms with E-state index in [1.165, 1.54) is 19.3 Å². The molecular formula is C31H58N9O6+. The van der Waals surface area contributed by atoms with Gasteiger partial charge >= 0.3 is 12.1 Å². The first kappa shape index (κ1) is 37.1. The third-order valence-corrected chi connectivity index (χ3v) is 8.93. The number of aliphatic imine (C=N–C) groups is 1. The van der Waals surface area contributed by atoms with E-state index < -0.39 is 29.6 Å². The summed E-state index contributed by atoms with van der Waals surface area (Å²) >= 11 is 0. The lowest BCUT2D eigenvalue weighted by molar-refractivity contribution is -0.522. The van der Waals surface area contributed by atoms with Crippen molar-refractivity contribution in [2.75, 3.05) is 32.8 Å². The summed E-state index contributed by atoms with van der Waals surface area (Å²) in [5.74, 6) is -1.02. The van der Waals surface area contributed by atoms with Crippen LogP contribution in [-0.4, -0.2) is 101 Å². The Balaban J connectivity index is 1.15. The maximum Gasteiger partial charge on any atom is 0.407 e. The zero-order chi connectivity index (χ0) is 33.6. The molecule has 46 heavy (non-hydrogen) atoms. The van der Waals surface area contributed by atoms with Crippen LogP contribution in [0, 0.1) is 5.92 Å². The van der Waals surface area contributed by atoms with E-state index in [9.17, 15) is 24.6 Å². The molecule has 262 valence electrons. The maximum atomic E-state index is 12.3. The molecule has 0 aromatic heterocycles. The molecule has 0 bridgehead atoms. The minimum absolute atomic E-state index is 0.00895. The SMILES string of the molecule is CC(C)CCCCCCNC(=O)CCCCC(=O)NCCCCCCNC(=O)OCC1N=C(N)N2CCC(O)(O)[C@@]23NC(N)=[NH+][C@@H]13. The second-order valence-electron chi connectivity index (χ2n) is 13.1. The van der Waals surface area contributed by atoms with Gasteiger partial charge in [0.1, 0.15) is 12.6 Å². The molecule has 1 fully saturated rings. The fourth-order valence-corrected chi connectivity index (χ4v) is 6.38. The molecule has 3 heterocycles. The lowest BCUT2D eigenvalue weighted by Gasteiger charge is -2.45. The Kier molecular flexibility index (Phi) is 14.6. The van der Waals surface area contributed by atoms with Crippen LogP contribution in [0.4, 0.5) is 4.79 Å². The second kappa shape index (κ2) is 18.1. The van der Waals surface area contributed by atoms with Crippen molar-refractivity contribution in [2.45, 2.75) is 127 Å². The Hall–Kier alpha value is -3.33. The van der Waals surface area contributed by atoms with Crippen LogP contribution in [0.15, 0.2) is 4.99 Å². The topological polar surface area (TPSA) is 231 Å². The molecule has 3 atom stereocenters. The molecule has 3 amide bonds. The number of nitrogens with one attached hydrogen (secondary N) is 5. The van der Waals surface area contributed by atoms with E-state index in [0.29, 0.717) is 38.8 Å². The summed E-state index contributed by atoms with van der Waals surface area (Å²) in [4.78, 5) is 45.3. The van der Waals surface area contributed by atoms with Crippen molar-refractivity contribution >= 4 is 29.8 Å². The molecule has 0 aromatic carbocycles. The van der Waals surface area contributed by atoms with Crippen molar-refractivity contribution < 1.29 is 34.3 Å². The number of nitrogens with zero attached hydrogens (tertiary/aromatic N) is 2. The molecule has 1 spiro atoms. The van der Waals surface area contributed by atoms with Crippen LogP contribution in [0.3, 0.4) is 0 Å². The van der Waals surface area contributed by atoms with E-state index in [0.717, 1.165) is 51.0 Å².